The van der Waals surface area contributed by atoms with Crippen molar-refractivity contribution in [3.63, 3.8) is 0 Å². The molecule has 0 spiro atoms. The van der Waals surface area contributed by atoms with Crippen LogP contribution in [-0.4, -0.2) is 43.9 Å². The van der Waals surface area contributed by atoms with Crippen LogP contribution in [0.4, 0.5) is 0 Å². The fourth-order valence-electron chi connectivity index (χ4n) is 1.97. The molecule has 1 heterocycles. The van der Waals surface area contributed by atoms with Crippen molar-refractivity contribution in [2.45, 2.75) is 51.7 Å². The number of hydrogen-bond acceptors (Lipinski definition) is 4. The van der Waals surface area contributed by atoms with E-state index in [2.05, 4.69) is 19.2 Å². The number of nitrogens with one attached hydrogen (secondary N) is 1. The summed E-state index contributed by atoms with van der Waals surface area (Å²) in [5.74, 6) is 0.295. The van der Waals surface area contributed by atoms with Crippen molar-refractivity contribution in [2.24, 2.45) is 11.7 Å². The van der Waals surface area contributed by atoms with Crippen LogP contribution < -0.4 is 11.1 Å². The van der Waals surface area contributed by atoms with Gasteiger partial charge in [0.15, 0.2) is 0 Å². The summed E-state index contributed by atoms with van der Waals surface area (Å²) in [5, 5.41) is 3.00. The molecule has 0 radical (unpaired) electrons. The van der Waals surface area contributed by atoms with Crippen LogP contribution in [-0.2, 0) is 14.3 Å². The third-order valence-electron chi connectivity index (χ3n) is 3.92. The van der Waals surface area contributed by atoms with E-state index in [0.29, 0.717) is 32.1 Å². The van der Waals surface area contributed by atoms with E-state index in [1.807, 2.05) is 6.92 Å². The topological polar surface area (TPSA) is 73.6 Å². The van der Waals surface area contributed by atoms with Crippen LogP contribution in [0.3, 0.4) is 0 Å². The number of rotatable bonds is 8. The highest BCUT2D eigenvalue weighted by Gasteiger charge is 2.28. The molecule has 0 bridgehead atoms. The Morgan fingerprint density at radius 2 is 2.25 bits per heavy atom. The summed E-state index contributed by atoms with van der Waals surface area (Å²) in [6.45, 7) is 8.38. The Morgan fingerprint density at radius 1 is 1.55 bits per heavy atom. The largest absolute Gasteiger partial charge is 0.378 e. The van der Waals surface area contributed by atoms with Gasteiger partial charge in [-0.15, -0.1) is 12.4 Å². The number of carbonyl (C=O) groups is 1. The molecule has 1 saturated heterocycles. The Kier molecular flexibility index (Phi) is 9.38. The van der Waals surface area contributed by atoms with Gasteiger partial charge in [-0.3, -0.25) is 4.79 Å². The van der Waals surface area contributed by atoms with Crippen molar-refractivity contribution >= 4 is 18.3 Å². The summed E-state index contributed by atoms with van der Waals surface area (Å²) in [6, 6.07) is 0. The summed E-state index contributed by atoms with van der Waals surface area (Å²) in [4.78, 5) is 11.8. The van der Waals surface area contributed by atoms with Crippen LogP contribution >= 0.6 is 12.4 Å². The Hall–Kier alpha value is -0.360. The van der Waals surface area contributed by atoms with E-state index < -0.39 is 0 Å². The fourth-order valence-corrected chi connectivity index (χ4v) is 1.97. The monoisotopic (exact) mass is 308 g/mol. The average molecular weight is 309 g/mol. The summed E-state index contributed by atoms with van der Waals surface area (Å²) >= 11 is 0. The molecule has 2 unspecified atom stereocenters. The maximum atomic E-state index is 11.8. The minimum Gasteiger partial charge on any atom is -0.378 e. The minimum absolute atomic E-state index is 0. The Morgan fingerprint density at radius 3 is 2.75 bits per heavy atom. The lowest BCUT2D eigenvalue weighted by molar-refractivity contribution is -0.124. The molecule has 6 heteroatoms. The first kappa shape index (κ1) is 19.6. The fraction of sp³-hybridized carbons (Fsp3) is 0.929. The lowest BCUT2D eigenvalue weighted by Crippen LogP contribution is -2.55. The van der Waals surface area contributed by atoms with Gasteiger partial charge in [-0.2, -0.15) is 0 Å². The summed E-state index contributed by atoms with van der Waals surface area (Å²) in [7, 11) is 0. The van der Waals surface area contributed by atoms with Crippen LogP contribution in [0.5, 0.6) is 0 Å². The highest BCUT2D eigenvalue weighted by Crippen LogP contribution is 2.15. The average Bonchev–Trinajstić information content (AvgIpc) is 2.87. The highest BCUT2D eigenvalue weighted by molar-refractivity contribution is 5.85. The molecule has 0 aromatic heterocycles. The zero-order valence-electron chi connectivity index (χ0n) is 12.8. The second kappa shape index (κ2) is 9.55. The highest BCUT2D eigenvalue weighted by atomic mass is 35.5. The Bertz CT molecular complexity index is 284. The molecule has 1 amide bonds. The standard InChI is InChI=1S/C14H28N2O3.ClH/c1-11(2)14(3,10-15)16-13(17)6-8-18-9-12-5-4-7-19-12;/h11-12H,4-10,15H2,1-3H3,(H,16,17);1H. The Balaban J connectivity index is 0.00000361. The zero-order chi connectivity index (χ0) is 14.3. The van der Waals surface area contributed by atoms with Crippen LogP contribution in [0, 0.1) is 5.92 Å². The lowest BCUT2D eigenvalue weighted by Gasteiger charge is -2.33. The first-order valence-corrected chi connectivity index (χ1v) is 7.18. The van der Waals surface area contributed by atoms with Crippen molar-refractivity contribution < 1.29 is 14.3 Å². The van der Waals surface area contributed by atoms with Crippen molar-refractivity contribution in [3.8, 4) is 0 Å². The van der Waals surface area contributed by atoms with Gasteiger partial charge in [-0.25, -0.2) is 0 Å². The predicted octanol–water partition coefficient (Wildman–Crippen LogP) is 1.48. The first-order chi connectivity index (χ1) is 8.98. The minimum atomic E-state index is -0.342. The molecule has 0 aliphatic carbocycles. The van der Waals surface area contributed by atoms with E-state index in [9.17, 15) is 4.79 Å². The van der Waals surface area contributed by atoms with Crippen molar-refractivity contribution in [1.82, 2.24) is 5.32 Å². The van der Waals surface area contributed by atoms with Gasteiger partial charge in [0, 0.05) is 19.6 Å². The molecule has 1 aliphatic rings. The van der Waals surface area contributed by atoms with E-state index in [-0.39, 0.29) is 30.0 Å². The molecule has 20 heavy (non-hydrogen) atoms. The number of nitrogens with two attached hydrogens (primary N) is 1. The molecule has 1 aliphatic heterocycles. The van der Waals surface area contributed by atoms with Gasteiger partial charge >= 0.3 is 0 Å². The molecule has 5 nitrogen and oxygen atoms in total. The molecule has 0 aromatic rings. The van der Waals surface area contributed by atoms with Gasteiger partial charge in [-0.1, -0.05) is 13.8 Å². The van der Waals surface area contributed by atoms with Gasteiger partial charge < -0.3 is 20.5 Å². The van der Waals surface area contributed by atoms with Gasteiger partial charge in [0.25, 0.3) is 0 Å². The molecular formula is C14H29ClN2O3. The number of ether oxygens (including phenoxy) is 2. The van der Waals surface area contributed by atoms with E-state index in [1.54, 1.807) is 0 Å². The second-order valence-corrected chi connectivity index (χ2v) is 5.78. The molecule has 0 saturated carbocycles. The number of halogens is 1. The van der Waals surface area contributed by atoms with Gasteiger partial charge in [0.2, 0.25) is 5.91 Å². The summed E-state index contributed by atoms with van der Waals surface area (Å²) in [5.41, 5.74) is 5.39. The number of hydrogen-bond donors (Lipinski definition) is 2. The van der Waals surface area contributed by atoms with E-state index in [1.165, 1.54) is 0 Å². The smallest absolute Gasteiger partial charge is 0.222 e. The number of amides is 1. The third-order valence-corrected chi connectivity index (χ3v) is 3.92. The molecule has 0 aromatic carbocycles. The molecule has 120 valence electrons. The lowest BCUT2D eigenvalue weighted by atomic mass is 9.88. The van der Waals surface area contributed by atoms with E-state index >= 15 is 0 Å². The molecule has 1 rings (SSSR count). The molecule has 2 atom stereocenters. The van der Waals surface area contributed by atoms with Crippen LogP contribution in [0.25, 0.3) is 0 Å². The number of carbonyl (C=O) groups excluding carboxylic acids is 1. The second-order valence-electron chi connectivity index (χ2n) is 5.78. The Labute approximate surface area is 128 Å². The van der Waals surface area contributed by atoms with E-state index in [4.69, 9.17) is 15.2 Å². The normalized spacial score (nSPS) is 21.4. The SMILES string of the molecule is CC(C)C(C)(CN)NC(=O)CCOCC1CCCO1.Cl. The quantitative estimate of drug-likeness (QED) is 0.666. The first-order valence-electron chi connectivity index (χ1n) is 7.18. The van der Waals surface area contributed by atoms with Crippen molar-refractivity contribution in [3.05, 3.63) is 0 Å². The van der Waals surface area contributed by atoms with Crippen LogP contribution in [0.1, 0.15) is 40.0 Å². The molecule has 1 fully saturated rings. The van der Waals surface area contributed by atoms with Crippen molar-refractivity contribution in [1.29, 1.82) is 0 Å². The van der Waals surface area contributed by atoms with Crippen LogP contribution in [0.15, 0.2) is 0 Å². The third kappa shape index (κ3) is 6.39. The zero-order valence-corrected chi connectivity index (χ0v) is 13.6. The van der Waals surface area contributed by atoms with E-state index in [0.717, 1.165) is 19.4 Å². The van der Waals surface area contributed by atoms with Crippen molar-refractivity contribution in [2.75, 3.05) is 26.4 Å². The summed E-state index contributed by atoms with van der Waals surface area (Å²) < 4.78 is 10.9. The predicted molar refractivity (Wildman–Crippen MR) is 82.1 cm³/mol. The summed E-state index contributed by atoms with van der Waals surface area (Å²) in [6.07, 6.45) is 2.76. The van der Waals surface area contributed by atoms with Gasteiger partial charge in [-0.05, 0) is 25.7 Å². The van der Waals surface area contributed by atoms with Gasteiger partial charge in [0.1, 0.15) is 0 Å². The van der Waals surface area contributed by atoms with Gasteiger partial charge in [0.05, 0.1) is 24.9 Å². The maximum Gasteiger partial charge on any atom is 0.222 e. The maximum absolute atomic E-state index is 11.8. The molecular weight excluding hydrogens is 280 g/mol. The van der Waals surface area contributed by atoms with Crippen LogP contribution in [0.2, 0.25) is 0 Å². The molecule has 3 N–H and O–H groups in total.